The van der Waals surface area contributed by atoms with E-state index in [0.29, 0.717) is 0 Å². The molecule has 0 amide bonds. The van der Waals surface area contributed by atoms with Gasteiger partial charge >= 0.3 is 0 Å². The van der Waals surface area contributed by atoms with Crippen LogP contribution in [0.5, 0.6) is 0 Å². The number of nitrogens with zero attached hydrogens (tertiary/aromatic N) is 2. The first-order valence-electron chi connectivity index (χ1n) is 5.35. The Kier molecular flexibility index (Phi) is 2.49. The fourth-order valence-electron chi connectivity index (χ4n) is 2.00. The molecule has 0 aliphatic carbocycles. The third-order valence-corrected chi connectivity index (χ3v) is 3.76. The van der Waals surface area contributed by atoms with Gasteiger partial charge in [0.1, 0.15) is 10.8 Å². The Morgan fingerprint density at radius 1 is 1.31 bits per heavy atom. The number of halogens is 1. The highest BCUT2D eigenvalue weighted by atomic mass is 32.1. The maximum atomic E-state index is 13.2. The summed E-state index contributed by atoms with van der Waals surface area (Å²) in [5.74, 6) is -0.191. The molecule has 0 spiro atoms. The first kappa shape index (κ1) is 9.99. The third kappa shape index (κ3) is 1.66. The molecule has 0 radical (unpaired) electrons. The zero-order valence-corrected chi connectivity index (χ0v) is 9.56. The van der Waals surface area contributed by atoms with Gasteiger partial charge in [-0.2, -0.15) is 4.37 Å². The van der Waals surface area contributed by atoms with Crippen molar-refractivity contribution in [2.24, 2.45) is 0 Å². The van der Waals surface area contributed by atoms with Crippen molar-refractivity contribution in [3.8, 4) is 0 Å². The molecule has 0 bridgehead atoms. The van der Waals surface area contributed by atoms with Crippen LogP contribution in [0.1, 0.15) is 0 Å². The summed E-state index contributed by atoms with van der Waals surface area (Å²) in [4.78, 5) is 2.27. The summed E-state index contributed by atoms with van der Waals surface area (Å²) in [5.41, 5.74) is 0.889. The fourth-order valence-corrected chi connectivity index (χ4v) is 2.90. The lowest BCUT2D eigenvalue weighted by atomic mass is 10.2. The smallest absolute Gasteiger partial charge is 0.124 e. The van der Waals surface area contributed by atoms with Crippen molar-refractivity contribution in [3.63, 3.8) is 0 Å². The summed E-state index contributed by atoms with van der Waals surface area (Å²) in [7, 11) is 0. The van der Waals surface area contributed by atoms with E-state index >= 15 is 0 Å². The van der Waals surface area contributed by atoms with Crippen molar-refractivity contribution in [1.29, 1.82) is 0 Å². The largest absolute Gasteiger partial charge is 0.359 e. The van der Waals surface area contributed by atoms with Gasteiger partial charge in [0.2, 0.25) is 0 Å². The number of benzene rings is 1. The maximum Gasteiger partial charge on any atom is 0.124 e. The van der Waals surface area contributed by atoms with E-state index < -0.39 is 0 Å². The topological polar surface area (TPSA) is 28.2 Å². The number of aromatic nitrogens is 1. The summed E-state index contributed by atoms with van der Waals surface area (Å²) in [6.07, 6.45) is 0. The van der Waals surface area contributed by atoms with Crippen molar-refractivity contribution in [1.82, 2.24) is 9.69 Å². The summed E-state index contributed by atoms with van der Waals surface area (Å²) in [6.45, 7) is 3.89. The van der Waals surface area contributed by atoms with Crippen LogP contribution < -0.4 is 10.2 Å². The van der Waals surface area contributed by atoms with Crippen molar-refractivity contribution < 1.29 is 4.39 Å². The van der Waals surface area contributed by atoms with Gasteiger partial charge in [0.25, 0.3) is 0 Å². The number of rotatable bonds is 1. The highest BCUT2D eigenvalue weighted by molar-refractivity contribution is 7.11. The molecule has 2 heterocycles. The van der Waals surface area contributed by atoms with Crippen molar-refractivity contribution in [2.75, 3.05) is 31.1 Å². The molecule has 3 nitrogen and oxygen atoms in total. The molecule has 16 heavy (non-hydrogen) atoms. The van der Waals surface area contributed by atoms with E-state index in [1.165, 1.54) is 17.6 Å². The molecular weight excluding hydrogens is 225 g/mol. The van der Waals surface area contributed by atoms with Crippen LogP contribution in [0.25, 0.3) is 10.9 Å². The Labute approximate surface area is 97.0 Å². The van der Waals surface area contributed by atoms with Gasteiger partial charge in [-0.05, 0) is 29.7 Å². The lowest BCUT2D eigenvalue weighted by Crippen LogP contribution is -2.43. The van der Waals surface area contributed by atoms with E-state index in [9.17, 15) is 4.39 Å². The summed E-state index contributed by atoms with van der Waals surface area (Å²) in [5, 5.41) is 5.34. The Morgan fingerprint density at radius 2 is 2.12 bits per heavy atom. The number of nitrogens with one attached hydrogen (secondary N) is 1. The van der Waals surface area contributed by atoms with Gasteiger partial charge in [0.05, 0.1) is 5.52 Å². The predicted molar refractivity (Wildman–Crippen MR) is 64.7 cm³/mol. The van der Waals surface area contributed by atoms with Crippen LogP contribution >= 0.6 is 11.5 Å². The number of piperazine rings is 1. The number of hydrogen-bond donors (Lipinski definition) is 1. The second-order valence-electron chi connectivity index (χ2n) is 3.89. The Bertz CT molecular complexity index is 505. The molecule has 1 saturated heterocycles. The summed E-state index contributed by atoms with van der Waals surface area (Å²) >= 11 is 1.46. The highest BCUT2D eigenvalue weighted by Crippen LogP contribution is 2.31. The van der Waals surface area contributed by atoms with E-state index in [-0.39, 0.29) is 5.82 Å². The maximum absolute atomic E-state index is 13.2. The molecule has 0 saturated carbocycles. The number of fused-ring (bicyclic) bond motifs is 1. The molecule has 1 fully saturated rings. The normalized spacial score (nSPS) is 16.9. The third-order valence-electron chi connectivity index (χ3n) is 2.82. The molecule has 1 aliphatic rings. The summed E-state index contributed by atoms with van der Waals surface area (Å²) in [6, 6.07) is 4.78. The first-order valence-corrected chi connectivity index (χ1v) is 6.12. The molecule has 2 aromatic rings. The van der Waals surface area contributed by atoms with E-state index in [1.54, 1.807) is 12.1 Å². The van der Waals surface area contributed by atoms with Crippen LogP contribution in [0.15, 0.2) is 18.2 Å². The van der Waals surface area contributed by atoms with Gasteiger partial charge in [0, 0.05) is 31.6 Å². The second kappa shape index (κ2) is 3.99. The van der Waals surface area contributed by atoms with Crippen LogP contribution in [-0.4, -0.2) is 30.6 Å². The van der Waals surface area contributed by atoms with E-state index in [1.807, 2.05) is 0 Å². The van der Waals surface area contributed by atoms with Crippen LogP contribution in [-0.2, 0) is 0 Å². The van der Waals surface area contributed by atoms with Crippen LogP contribution in [0.2, 0.25) is 0 Å². The standard InChI is InChI=1S/C11H12FN3S/c12-8-1-2-10-9(7-8)11(16-14-10)15-5-3-13-4-6-15/h1-2,7,13H,3-6H2. The van der Waals surface area contributed by atoms with Gasteiger partial charge in [-0.1, -0.05) is 0 Å². The molecular formula is C11H12FN3S. The van der Waals surface area contributed by atoms with Gasteiger partial charge < -0.3 is 10.2 Å². The van der Waals surface area contributed by atoms with E-state index in [2.05, 4.69) is 14.6 Å². The Hall–Kier alpha value is -1.20. The molecule has 3 rings (SSSR count). The minimum atomic E-state index is -0.191. The average molecular weight is 237 g/mol. The van der Waals surface area contributed by atoms with Gasteiger partial charge in [-0.3, -0.25) is 0 Å². The number of anilines is 1. The summed E-state index contributed by atoms with van der Waals surface area (Å²) < 4.78 is 17.6. The molecule has 0 unspecified atom stereocenters. The molecule has 5 heteroatoms. The minimum absolute atomic E-state index is 0.191. The zero-order chi connectivity index (χ0) is 11.0. The zero-order valence-electron chi connectivity index (χ0n) is 8.74. The fraction of sp³-hybridized carbons (Fsp3) is 0.364. The van der Waals surface area contributed by atoms with Gasteiger partial charge in [-0.25, -0.2) is 4.39 Å². The molecule has 84 valence electrons. The minimum Gasteiger partial charge on any atom is -0.359 e. The average Bonchev–Trinajstić information content (AvgIpc) is 2.73. The van der Waals surface area contributed by atoms with Crippen LogP contribution in [0, 0.1) is 5.82 Å². The SMILES string of the molecule is Fc1ccc2nsc(N3CCNCC3)c2c1. The lowest BCUT2D eigenvalue weighted by molar-refractivity contribution is 0.592. The molecule has 1 aromatic heterocycles. The van der Waals surface area contributed by atoms with Gasteiger partial charge in [-0.15, -0.1) is 0 Å². The Balaban J connectivity index is 2.05. The first-order chi connectivity index (χ1) is 7.84. The van der Waals surface area contributed by atoms with Crippen molar-refractivity contribution in [3.05, 3.63) is 24.0 Å². The highest BCUT2D eigenvalue weighted by Gasteiger charge is 2.16. The monoisotopic (exact) mass is 237 g/mol. The lowest BCUT2D eigenvalue weighted by Gasteiger charge is -2.27. The predicted octanol–water partition coefficient (Wildman–Crippen LogP) is 1.84. The molecule has 0 atom stereocenters. The van der Waals surface area contributed by atoms with Gasteiger partial charge in [0.15, 0.2) is 0 Å². The molecule has 1 aromatic carbocycles. The molecule has 1 aliphatic heterocycles. The number of hydrogen-bond acceptors (Lipinski definition) is 4. The second-order valence-corrected chi connectivity index (χ2v) is 4.64. The molecule has 1 N–H and O–H groups in total. The van der Waals surface area contributed by atoms with E-state index in [4.69, 9.17) is 0 Å². The van der Waals surface area contributed by atoms with Crippen molar-refractivity contribution in [2.45, 2.75) is 0 Å². The van der Waals surface area contributed by atoms with Crippen LogP contribution in [0.3, 0.4) is 0 Å². The Morgan fingerprint density at radius 3 is 2.94 bits per heavy atom. The van der Waals surface area contributed by atoms with Crippen LogP contribution in [0.4, 0.5) is 9.39 Å². The van der Waals surface area contributed by atoms with Crippen molar-refractivity contribution >= 4 is 27.4 Å². The quantitative estimate of drug-likeness (QED) is 0.820. The van der Waals surface area contributed by atoms with E-state index in [0.717, 1.165) is 42.1 Å².